The monoisotopic (exact) mass is 422 g/mol. The van der Waals surface area contributed by atoms with E-state index in [1.807, 2.05) is 40.7 Å². The first-order valence-electron chi connectivity index (χ1n) is 10.1. The Morgan fingerprint density at radius 3 is 2.03 bits per heavy atom. The maximum atomic E-state index is 13.3. The van der Waals surface area contributed by atoms with Gasteiger partial charge < -0.3 is 9.64 Å². The second kappa shape index (κ2) is 8.07. The van der Waals surface area contributed by atoms with Crippen molar-refractivity contribution in [3.63, 3.8) is 0 Å². The van der Waals surface area contributed by atoms with Gasteiger partial charge in [-0.05, 0) is 62.3 Å². The minimum absolute atomic E-state index is 0.0749. The molecule has 0 unspecified atom stereocenters. The normalized spacial score (nSPS) is 22.4. The summed E-state index contributed by atoms with van der Waals surface area (Å²) in [5.41, 5.74) is 3.44. The molecule has 0 spiro atoms. The van der Waals surface area contributed by atoms with Crippen molar-refractivity contribution >= 4 is 21.9 Å². The van der Waals surface area contributed by atoms with Crippen LogP contribution in [0.25, 0.3) is 0 Å². The van der Waals surface area contributed by atoms with Crippen LogP contribution < -0.4 is 0 Å². The molecule has 0 N–H and O–H groups in total. The van der Waals surface area contributed by atoms with Crippen LogP contribution in [-0.2, 0) is 24.3 Å². The van der Waals surface area contributed by atoms with E-state index < -0.39 is 10.0 Å². The lowest BCUT2D eigenvalue weighted by Crippen LogP contribution is -2.51. The van der Waals surface area contributed by atoms with Gasteiger partial charge in [0, 0.05) is 26.2 Å². The maximum absolute atomic E-state index is 13.3. The lowest BCUT2D eigenvalue weighted by Gasteiger charge is -2.34. The maximum Gasteiger partial charge on any atom is 0.309 e. The minimum atomic E-state index is -3.64. The minimum Gasteiger partial charge on any atom is -0.455 e. The number of piperazine rings is 1. The van der Waals surface area contributed by atoms with E-state index in [9.17, 15) is 18.0 Å². The molecule has 1 aromatic carbocycles. The van der Waals surface area contributed by atoms with Crippen LogP contribution in [-0.4, -0.2) is 62.3 Å². The molecular formula is C21H30N2O5S. The van der Waals surface area contributed by atoms with Gasteiger partial charge in [-0.15, -0.1) is 0 Å². The van der Waals surface area contributed by atoms with Gasteiger partial charge in [0.15, 0.2) is 6.61 Å². The summed E-state index contributed by atoms with van der Waals surface area (Å²) in [6, 6.07) is 2.00. The Balaban J connectivity index is 1.63. The molecule has 1 saturated heterocycles. The number of amides is 1. The van der Waals surface area contributed by atoms with E-state index in [0.717, 1.165) is 28.7 Å². The number of esters is 1. The molecule has 1 aromatic rings. The molecule has 7 nitrogen and oxygen atoms in total. The quantitative estimate of drug-likeness (QED) is 0.677. The Morgan fingerprint density at radius 1 is 1.03 bits per heavy atom. The summed E-state index contributed by atoms with van der Waals surface area (Å²) < 4.78 is 33.1. The van der Waals surface area contributed by atoms with E-state index in [0.29, 0.717) is 23.9 Å². The van der Waals surface area contributed by atoms with Crippen molar-refractivity contribution in [2.24, 2.45) is 11.8 Å². The van der Waals surface area contributed by atoms with Gasteiger partial charge in [0.1, 0.15) is 0 Å². The summed E-state index contributed by atoms with van der Waals surface area (Å²) in [6.07, 6.45) is 0.820. The van der Waals surface area contributed by atoms with E-state index in [4.69, 9.17) is 4.74 Å². The summed E-state index contributed by atoms with van der Waals surface area (Å²) in [5.74, 6) is -0.326. The predicted molar refractivity (Wildman–Crippen MR) is 109 cm³/mol. The average Bonchev–Trinajstić information content (AvgIpc) is 3.41. The Labute approximate surface area is 173 Å². The molecule has 0 radical (unpaired) electrons. The number of hydrogen-bond donors (Lipinski definition) is 0. The van der Waals surface area contributed by atoms with E-state index in [-0.39, 0.29) is 37.5 Å². The van der Waals surface area contributed by atoms with Crippen molar-refractivity contribution in [3.05, 3.63) is 28.3 Å². The summed E-state index contributed by atoms with van der Waals surface area (Å²) >= 11 is 0. The first-order chi connectivity index (χ1) is 13.5. The number of rotatable bonds is 5. The lowest BCUT2D eigenvalue weighted by atomic mass is 10.0. The summed E-state index contributed by atoms with van der Waals surface area (Å²) in [5, 5.41) is 0. The number of benzene rings is 1. The number of carbonyl (C=O) groups is 2. The number of sulfonamides is 1. The van der Waals surface area contributed by atoms with Crippen LogP contribution in [0.3, 0.4) is 0 Å². The van der Waals surface area contributed by atoms with Gasteiger partial charge in [-0.3, -0.25) is 9.59 Å². The van der Waals surface area contributed by atoms with Crippen molar-refractivity contribution in [3.8, 4) is 0 Å². The second-order valence-electron chi connectivity index (χ2n) is 8.30. The molecule has 1 aliphatic carbocycles. The Hall–Kier alpha value is -1.93. The predicted octanol–water partition coefficient (Wildman–Crippen LogP) is 1.95. The summed E-state index contributed by atoms with van der Waals surface area (Å²) in [7, 11) is -3.64. The number of hydrogen-bond acceptors (Lipinski definition) is 5. The van der Waals surface area contributed by atoms with Gasteiger partial charge in [0.25, 0.3) is 5.91 Å². The van der Waals surface area contributed by atoms with E-state index in [2.05, 4.69) is 0 Å². The average molecular weight is 423 g/mol. The molecule has 0 bridgehead atoms. The van der Waals surface area contributed by atoms with Crippen molar-refractivity contribution < 1.29 is 22.7 Å². The fraction of sp³-hybridized carbons (Fsp3) is 0.619. The molecule has 1 saturated carbocycles. The van der Waals surface area contributed by atoms with E-state index in [1.165, 1.54) is 4.31 Å². The smallest absolute Gasteiger partial charge is 0.309 e. The fourth-order valence-electron chi connectivity index (χ4n) is 3.86. The topological polar surface area (TPSA) is 84.0 Å². The van der Waals surface area contributed by atoms with Gasteiger partial charge >= 0.3 is 5.97 Å². The third kappa shape index (κ3) is 4.33. The highest BCUT2D eigenvalue weighted by atomic mass is 32.2. The number of carbonyl (C=O) groups excluding carboxylic acids is 2. The molecule has 2 fully saturated rings. The van der Waals surface area contributed by atoms with Crippen molar-refractivity contribution in [1.29, 1.82) is 0 Å². The van der Waals surface area contributed by atoms with Crippen LogP contribution in [0.5, 0.6) is 0 Å². The van der Waals surface area contributed by atoms with Crippen LogP contribution in [0.4, 0.5) is 0 Å². The van der Waals surface area contributed by atoms with E-state index >= 15 is 0 Å². The molecule has 2 atom stereocenters. The van der Waals surface area contributed by atoms with Gasteiger partial charge in [0.2, 0.25) is 10.0 Å². The van der Waals surface area contributed by atoms with Gasteiger partial charge in [-0.25, -0.2) is 8.42 Å². The zero-order chi connectivity index (χ0) is 21.5. The molecule has 8 heteroatoms. The molecule has 29 heavy (non-hydrogen) atoms. The summed E-state index contributed by atoms with van der Waals surface area (Å²) in [4.78, 5) is 26.1. The van der Waals surface area contributed by atoms with Gasteiger partial charge in [-0.1, -0.05) is 13.0 Å². The van der Waals surface area contributed by atoms with E-state index in [1.54, 1.807) is 4.90 Å². The number of aryl methyl sites for hydroxylation is 2. The van der Waals surface area contributed by atoms with Crippen LogP contribution in [0.15, 0.2) is 11.0 Å². The zero-order valence-electron chi connectivity index (χ0n) is 17.8. The van der Waals surface area contributed by atoms with Crippen molar-refractivity contribution in [2.45, 2.75) is 45.9 Å². The highest BCUT2D eigenvalue weighted by Gasteiger charge is 2.41. The molecule has 160 valence electrons. The molecule has 1 aliphatic heterocycles. The lowest BCUT2D eigenvalue weighted by molar-refractivity contribution is -0.153. The van der Waals surface area contributed by atoms with Crippen LogP contribution in [0.1, 0.15) is 35.6 Å². The second-order valence-corrected chi connectivity index (χ2v) is 10.2. The SMILES string of the molecule is Cc1cc(C)c(C)c(S(=O)(=O)N2CCN(C(=O)COC(=O)[C@@H]3C[C@@H]3C)CC2)c1C. The highest BCUT2D eigenvalue weighted by Crippen LogP contribution is 2.38. The number of ether oxygens (including phenoxy) is 1. The van der Waals surface area contributed by atoms with Crippen LogP contribution in [0, 0.1) is 39.5 Å². The van der Waals surface area contributed by atoms with Gasteiger partial charge in [0.05, 0.1) is 10.8 Å². The third-order valence-corrected chi connectivity index (χ3v) is 8.41. The summed E-state index contributed by atoms with van der Waals surface area (Å²) in [6.45, 7) is 10.3. The van der Waals surface area contributed by atoms with Crippen molar-refractivity contribution in [2.75, 3.05) is 32.8 Å². The molecule has 3 rings (SSSR count). The first kappa shape index (κ1) is 21.8. The first-order valence-corrected chi connectivity index (χ1v) is 11.5. The molecule has 1 amide bonds. The van der Waals surface area contributed by atoms with Crippen LogP contribution >= 0.6 is 0 Å². The fourth-order valence-corrected chi connectivity index (χ4v) is 5.85. The molecule has 0 aromatic heterocycles. The molecular weight excluding hydrogens is 392 g/mol. The standard InChI is InChI=1S/C21H30N2O5S/c1-13-10-14(2)17(5)20(16(13)4)29(26,27)23-8-6-22(7-9-23)19(24)12-28-21(25)18-11-15(18)3/h10,15,18H,6-9,11-12H2,1-5H3/t15-,18+/m0/s1. The third-order valence-electron chi connectivity index (χ3n) is 6.24. The Morgan fingerprint density at radius 2 is 1.55 bits per heavy atom. The zero-order valence-corrected chi connectivity index (χ0v) is 18.6. The highest BCUT2D eigenvalue weighted by molar-refractivity contribution is 7.89. The Bertz CT molecular complexity index is 907. The Kier molecular flexibility index (Phi) is 6.06. The van der Waals surface area contributed by atoms with Crippen LogP contribution in [0.2, 0.25) is 0 Å². The molecule has 1 heterocycles. The number of nitrogens with zero attached hydrogens (tertiary/aromatic N) is 2. The largest absolute Gasteiger partial charge is 0.455 e. The van der Waals surface area contributed by atoms with Gasteiger partial charge in [-0.2, -0.15) is 4.31 Å². The molecule has 2 aliphatic rings. The van der Waals surface area contributed by atoms with Crippen molar-refractivity contribution in [1.82, 2.24) is 9.21 Å².